The Morgan fingerprint density at radius 1 is 1.39 bits per heavy atom. The smallest absolute Gasteiger partial charge is 0.406 e. The van der Waals surface area contributed by atoms with Gasteiger partial charge < -0.3 is 9.47 Å². The number of ketones is 1. The van der Waals surface area contributed by atoms with E-state index in [-0.39, 0.29) is 0 Å². The Kier molecular flexibility index (Phi) is 7.99. The quantitative estimate of drug-likeness (QED) is 0.325. The van der Waals surface area contributed by atoms with Gasteiger partial charge in [0.05, 0.1) is 19.1 Å². The van der Waals surface area contributed by atoms with E-state index < -0.39 is 68.6 Å². The van der Waals surface area contributed by atoms with E-state index in [1.54, 1.807) is 24.3 Å². The summed E-state index contributed by atoms with van der Waals surface area (Å²) in [4.78, 5) is 36.6. The number of nitrogens with one attached hydrogen (secondary N) is 1. The van der Waals surface area contributed by atoms with E-state index in [4.69, 9.17) is 30.1 Å². The molecule has 196 valence electrons. The molecule has 0 aliphatic carbocycles. The van der Waals surface area contributed by atoms with Crippen LogP contribution in [0.1, 0.15) is 44.8 Å². The number of esters is 1. The minimum Gasteiger partial charge on any atom is -0.456 e. The predicted octanol–water partition coefficient (Wildman–Crippen LogP) is 3.61. The van der Waals surface area contributed by atoms with Crippen molar-refractivity contribution in [2.24, 2.45) is 0 Å². The molecule has 10 nitrogen and oxygen atoms in total. The highest BCUT2D eigenvalue weighted by atomic mass is 35.5. The number of benzene rings is 1. The Bertz CT molecular complexity index is 1120. The van der Waals surface area contributed by atoms with Crippen molar-refractivity contribution in [2.45, 2.75) is 63.3 Å². The molecule has 1 N–H and O–H groups in total. The molecule has 3 aliphatic heterocycles. The monoisotopic (exact) mass is 544 g/mol. The second-order valence-electron chi connectivity index (χ2n) is 8.96. The van der Waals surface area contributed by atoms with E-state index in [0.717, 1.165) is 36.6 Å². The molecular weight excluding hydrogens is 518 g/mol. The van der Waals surface area contributed by atoms with Gasteiger partial charge in [0.1, 0.15) is 6.10 Å². The van der Waals surface area contributed by atoms with Gasteiger partial charge >= 0.3 is 13.7 Å². The molecule has 0 saturated carbocycles. The van der Waals surface area contributed by atoms with Crippen LogP contribution < -0.4 is 5.09 Å². The van der Waals surface area contributed by atoms with Gasteiger partial charge in [0.15, 0.2) is 23.8 Å². The number of hydrogen-bond acceptors (Lipinski definition) is 8. The van der Waals surface area contributed by atoms with Crippen molar-refractivity contribution >= 4 is 37.0 Å². The summed E-state index contributed by atoms with van der Waals surface area (Å²) in [6.07, 6.45) is -1.73. The maximum Gasteiger partial charge on any atom is 0.406 e. The SMILES string of the molecule is CC(=O)O[C@@H]1[C@@H](COP2(=O)NCCCC(c3cccc(Cl)c3)O2)O[C@@H](N2C=CC(=O)CC2=O)[C@]1(C)F. The van der Waals surface area contributed by atoms with Crippen molar-refractivity contribution < 1.29 is 41.9 Å². The van der Waals surface area contributed by atoms with Crippen LogP contribution in [0, 0.1) is 0 Å². The summed E-state index contributed by atoms with van der Waals surface area (Å²) in [5, 5.41) is 3.27. The molecule has 0 spiro atoms. The number of rotatable bonds is 6. The molecule has 0 aromatic heterocycles. The van der Waals surface area contributed by atoms with Gasteiger partial charge in [-0.2, -0.15) is 0 Å². The fraction of sp³-hybridized carbons (Fsp3) is 0.522. The Morgan fingerprint density at radius 3 is 2.86 bits per heavy atom. The lowest BCUT2D eigenvalue weighted by molar-refractivity contribution is -0.155. The molecular formula is C23H27ClFN2O8P. The first-order chi connectivity index (χ1) is 17.0. The summed E-state index contributed by atoms with van der Waals surface area (Å²) >= 11 is 6.09. The molecule has 3 aliphatic rings. The third-order valence-corrected chi connectivity index (χ3v) is 7.97. The highest BCUT2D eigenvalue weighted by Gasteiger charge is 2.60. The lowest BCUT2D eigenvalue weighted by atomic mass is 9.97. The molecule has 4 rings (SSSR count). The van der Waals surface area contributed by atoms with Gasteiger partial charge in [-0.25, -0.2) is 14.0 Å². The van der Waals surface area contributed by atoms with E-state index in [2.05, 4.69) is 5.09 Å². The fourth-order valence-electron chi connectivity index (χ4n) is 4.41. The summed E-state index contributed by atoms with van der Waals surface area (Å²) in [6.45, 7) is 2.11. The number of carbonyl (C=O) groups excluding carboxylic acids is 3. The van der Waals surface area contributed by atoms with Crippen LogP contribution in [0.15, 0.2) is 36.5 Å². The maximum atomic E-state index is 16.0. The van der Waals surface area contributed by atoms with Gasteiger partial charge in [-0.05, 0) is 43.5 Å². The number of halogens is 2. The third-order valence-electron chi connectivity index (χ3n) is 6.10. The Labute approximate surface area is 212 Å². The normalized spacial score (nSPS) is 35.1. The van der Waals surface area contributed by atoms with E-state index in [1.165, 1.54) is 0 Å². The Morgan fingerprint density at radius 2 is 2.17 bits per heavy atom. The number of ether oxygens (including phenoxy) is 2. The molecule has 1 aromatic rings. The van der Waals surface area contributed by atoms with Crippen LogP contribution in [0.3, 0.4) is 0 Å². The van der Waals surface area contributed by atoms with Crippen LogP contribution in [0.4, 0.5) is 4.39 Å². The van der Waals surface area contributed by atoms with Gasteiger partial charge in [-0.15, -0.1) is 0 Å². The minimum absolute atomic E-state index is 0.345. The van der Waals surface area contributed by atoms with Gasteiger partial charge in [0.25, 0.3) is 0 Å². The molecule has 0 bridgehead atoms. The first-order valence-corrected chi connectivity index (χ1v) is 13.4. The van der Waals surface area contributed by atoms with Crippen molar-refractivity contribution in [2.75, 3.05) is 13.2 Å². The number of alkyl halides is 1. The van der Waals surface area contributed by atoms with Gasteiger partial charge in [0.2, 0.25) is 5.91 Å². The first kappa shape index (κ1) is 26.9. The van der Waals surface area contributed by atoms with Gasteiger partial charge in [-0.1, -0.05) is 23.7 Å². The molecule has 2 unspecified atom stereocenters. The number of carbonyl (C=O) groups is 3. The van der Waals surface area contributed by atoms with Crippen molar-refractivity contribution in [3.05, 3.63) is 47.1 Å². The number of amides is 1. The molecule has 6 atom stereocenters. The van der Waals surface area contributed by atoms with Crippen molar-refractivity contribution in [1.29, 1.82) is 0 Å². The standard InChI is InChI=1S/C23H27ClFN2O8P/c1-14(28)33-21-19(34-22(23(21,2)25)27-10-8-17(29)12-20(27)30)13-32-36(31)26-9-4-7-18(35-36)15-5-3-6-16(24)11-15/h3,5-6,8,10-11,18-19,21-22H,4,7,9,12-13H2,1-2H3,(H,26,31)/t18?,19-,21-,22-,23-,36?/m1/s1. The van der Waals surface area contributed by atoms with Crippen molar-refractivity contribution in [3.63, 3.8) is 0 Å². The van der Waals surface area contributed by atoms with E-state index >= 15 is 4.39 Å². The summed E-state index contributed by atoms with van der Waals surface area (Å²) in [5.74, 6) is -1.86. The molecule has 2 saturated heterocycles. The van der Waals surface area contributed by atoms with Gasteiger partial charge in [-0.3, -0.25) is 28.3 Å². The summed E-state index contributed by atoms with van der Waals surface area (Å²) in [5.41, 5.74) is -1.64. The highest BCUT2D eigenvalue weighted by molar-refractivity contribution is 7.51. The third kappa shape index (κ3) is 5.88. The molecule has 13 heteroatoms. The first-order valence-electron chi connectivity index (χ1n) is 11.5. The van der Waals surface area contributed by atoms with E-state index in [0.29, 0.717) is 24.4 Å². The number of nitrogens with zero attached hydrogens (tertiary/aromatic N) is 1. The summed E-state index contributed by atoms with van der Waals surface area (Å²) in [6, 6.07) is 6.99. The lowest BCUT2D eigenvalue weighted by Gasteiger charge is -2.33. The van der Waals surface area contributed by atoms with Crippen LogP contribution in [-0.4, -0.2) is 59.8 Å². The summed E-state index contributed by atoms with van der Waals surface area (Å²) < 4.78 is 51.9. The van der Waals surface area contributed by atoms with Gasteiger partial charge in [0, 0.05) is 24.7 Å². The van der Waals surface area contributed by atoms with Crippen LogP contribution in [0.25, 0.3) is 0 Å². The Hall–Kier alpha value is -2.14. The second-order valence-corrected chi connectivity index (χ2v) is 11.2. The van der Waals surface area contributed by atoms with Crippen LogP contribution >= 0.6 is 19.3 Å². The zero-order valence-corrected chi connectivity index (χ0v) is 21.4. The number of allylic oxidation sites excluding steroid dienone is 1. The zero-order valence-electron chi connectivity index (χ0n) is 19.7. The van der Waals surface area contributed by atoms with Crippen LogP contribution in [0.2, 0.25) is 5.02 Å². The molecule has 36 heavy (non-hydrogen) atoms. The van der Waals surface area contributed by atoms with Crippen molar-refractivity contribution in [1.82, 2.24) is 9.99 Å². The van der Waals surface area contributed by atoms with Crippen LogP contribution in [-0.2, 0) is 37.5 Å². The topological polar surface area (TPSA) is 120 Å². The maximum absolute atomic E-state index is 16.0. The Balaban J connectivity index is 1.52. The second kappa shape index (κ2) is 10.7. The molecule has 1 amide bonds. The van der Waals surface area contributed by atoms with E-state index in [1.807, 2.05) is 0 Å². The molecule has 1 aromatic carbocycles. The molecule has 3 heterocycles. The average molecular weight is 545 g/mol. The summed E-state index contributed by atoms with van der Waals surface area (Å²) in [7, 11) is -3.90. The zero-order chi connectivity index (χ0) is 26.1. The fourth-order valence-corrected chi connectivity index (χ4v) is 6.17. The van der Waals surface area contributed by atoms with E-state index in [9.17, 15) is 18.9 Å². The lowest BCUT2D eigenvalue weighted by Crippen LogP contribution is -2.52. The predicted molar refractivity (Wildman–Crippen MR) is 125 cm³/mol. The number of hydrogen-bond donors (Lipinski definition) is 1. The highest BCUT2D eigenvalue weighted by Crippen LogP contribution is 2.52. The average Bonchev–Trinajstić information content (AvgIpc) is 2.93. The largest absolute Gasteiger partial charge is 0.456 e. The minimum atomic E-state index is -3.90. The van der Waals surface area contributed by atoms with Crippen molar-refractivity contribution in [3.8, 4) is 0 Å². The molecule has 0 radical (unpaired) electrons. The molecule has 2 fully saturated rings. The van der Waals surface area contributed by atoms with Crippen LogP contribution in [0.5, 0.6) is 0 Å².